The molecule has 3 aromatic rings. The van der Waals surface area contributed by atoms with E-state index in [9.17, 15) is 9.59 Å². The van der Waals surface area contributed by atoms with Gasteiger partial charge in [-0.25, -0.2) is 4.98 Å². The Morgan fingerprint density at radius 2 is 2.04 bits per heavy atom. The van der Waals surface area contributed by atoms with Gasteiger partial charge in [0.1, 0.15) is 11.4 Å². The van der Waals surface area contributed by atoms with Crippen LogP contribution in [0, 0.1) is 0 Å². The van der Waals surface area contributed by atoms with E-state index in [0.717, 1.165) is 35.0 Å². The Hall–Kier alpha value is -2.47. The van der Waals surface area contributed by atoms with Crippen LogP contribution in [0.1, 0.15) is 41.7 Å². The second-order valence-corrected chi connectivity index (χ2v) is 8.27. The first kappa shape index (κ1) is 17.9. The van der Waals surface area contributed by atoms with Crippen molar-refractivity contribution in [1.82, 2.24) is 14.9 Å². The Bertz CT molecular complexity index is 1020. The van der Waals surface area contributed by atoms with Crippen molar-refractivity contribution in [3.63, 3.8) is 0 Å². The fraction of sp³-hybridized carbons (Fsp3) is 0.381. The normalized spacial score (nSPS) is 14.7. The van der Waals surface area contributed by atoms with Crippen molar-refractivity contribution >= 4 is 27.5 Å². The summed E-state index contributed by atoms with van der Waals surface area (Å²) >= 11 is 1.63. The Kier molecular flexibility index (Phi) is 5.07. The van der Waals surface area contributed by atoms with Gasteiger partial charge in [-0.15, -0.1) is 11.3 Å². The molecule has 27 heavy (non-hydrogen) atoms. The Balaban J connectivity index is 1.47. The van der Waals surface area contributed by atoms with E-state index in [4.69, 9.17) is 0 Å². The van der Waals surface area contributed by atoms with Crippen LogP contribution in [0.25, 0.3) is 10.2 Å². The highest BCUT2D eigenvalue weighted by atomic mass is 32.1. The molecule has 0 aliphatic heterocycles. The first-order chi connectivity index (χ1) is 13.1. The number of amides is 1. The van der Waals surface area contributed by atoms with Crippen LogP contribution in [-0.2, 0) is 24.2 Å². The molecule has 0 saturated carbocycles. The van der Waals surface area contributed by atoms with E-state index in [1.54, 1.807) is 11.3 Å². The van der Waals surface area contributed by atoms with Crippen LogP contribution in [0.5, 0.6) is 0 Å². The number of aryl methyl sites for hydroxylation is 2. The highest BCUT2D eigenvalue weighted by Gasteiger charge is 2.20. The molecule has 1 aliphatic rings. The van der Waals surface area contributed by atoms with Crippen LogP contribution in [0.3, 0.4) is 0 Å². The number of carbonyl (C=O) groups is 1. The molecule has 1 N–H and O–H groups in total. The molecule has 5 nitrogen and oxygen atoms in total. The van der Waals surface area contributed by atoms with E-state index in [1.807, 2.05) is 18.2 Å². The molecule has 1 aromatic carbocycles. The van der Waals surface area contributed by atoms with E-state index in [0.29, 0.717) is 6.54 Å². The van der Waals surface area contributed by atoms with Crippen LogP contribution in [0.15, 0.2) is 41.5 Å². The highest BCUT2D eigenvalue weighted by Crippen LogP contribution is 2.33. The van der Waals surface area contributed by atoms with Crippen LogP contribution in [-0.4, -0.2) is 22.0 Å². The number of hydrogen-bond acceptors (Lipinski definition) is 4. The molecule has 0 spiro atoms. The topological polar surface area (TPSA) is 64.0 Å². The van der Waals surface area contributed by atoms with Crippen LogP contribution in [0.2, 0.25) is 0 Å². The number of benzene rings is 1. The second-order valence-electron chi connectivity index (χ2n) is 7.18. The average Bonchev–Trinajstić information content (AvgIpc) is 3.08. The maximum atomic E-state index is 12.9. The molecule has 0 saturated heterocycles. The number of carbonyl (C=O) groups excluding carboxylic acids is 1. The first-order valence-corrected chi connectivity index (χ1v) is 10.3. The number of hydrogen-bond donors (Lipinski definition) is 1. The molecule has 1 aliphatic carbocycles. The summed E-state index contributed by atoms with van der Waals surface area (Å²) in [7, 11) is 0. The summed E-state index contributed by atoms with van der Waals surface area (Å²) in [4.78, 5) is 31.8. The zero-order chi connectivity index (χ0) is 18.8. The smallest absolute Gasteiger partial charge is 0.262 e. The minimum atomic E-state index is -0.162. The molecule has 0 bridgehead atoms. The fourth-order valence-corrected chi connectivity index (χ4v) is 4.89. The quantitative estimate of drug-likeness (QED) is 0.738. The zero-order valence-corrected chi connectivity index (χ0v) is 16.2. The molecule has 4 rings (SSSR count). The zero-order valence-electron chi connectivity index (χ0n) is 15.4. The molecule has 140 valence electrons. The maximum absolute atomic E-state index is 12.9. The van der Waals surface area contributed by atoms with Gasteiger partial charge in [-0.3, -0.25) is 14.2 Å². The summed E-state index contributed by atoms with van der Waals surface area (Å²) in [6.07, 6.45) is 5.78. The van der Waals surface area contributed by atoms with Crippen molar-refractivity contribution in [3.8, 4) is 0 Å². The van der Waals surface area contributed by atoms with Crippen molar-refractivity contribution in [2.24, 2.45) is 0 Å². The minimum absolute atomic E-state index is 0.00784. The summed E-state index contributed by atoms with van der Waals surface area (Å²) < 4.78 is 1.44. The summed E-state index contributed by atoms with van der Waals surface area (Å²) in [5.41, 5.74) is 2.25. The van der Waals surface area contributed by atoms with Crippen molar-refractivity contribution in [3.05, 3.63) is 63.0 Å². The Morgan fingerprint density at radius 1 is 1.26 bits per heavy atom. The van der Waals surface area contributed by atoms with Gasteiger partial charge in [0.05, 0.1) is 11.7 Å². The van der Waals surface area contributed by atoms with Gasteiger partial charge < -0.3 is 5.32 Å². The Morgan fingerprint density at radius 3 is 2.85 bits per heavy atom. The average molecular weight is 382 g/mol. The molecule has 0 fully saturated rings. The molecular formula is C21H23N3O2S. The minimum Gasteiger partial charge on any atom is -0.354 e. The molecule has 2 aromatic heterocycles. The lowest BCUT2D eigenvalue weighted by atomic mass is 9.97. The van der Waals surface area contributed by atoms with Crippen molar-refractivity contribution in [1.29, 1.82) is 0 Å². The van der Waals surface area contributed by atoms with Crippen LogP contribution in [0.4, 0.5) is 0 Å². The molecule has 1 amide bonds. The fourth-order valence-electron chi connectivity index (χ4n) is 3.67. The van der Waals surface area contributed by atoms with E-state index in [1.165, 1.54) is 27.8 Å². The van der Waals surface area contributed by atoms with Crippen molar-refractivity contribution in [2.45, 2.75) is 45.1 Å². The van der Waals surface area contributed by atoms with E-state index >= 15 is 0 Å². The van der Waals surface area contributed by atoms with Gasteiger partial charge in [0.2, 0.25) is 5.91 Å². The molecule has 2 heterocycles. The molecule has 0 unspecified atom stereocenters. The van der Waals surface area contributed by atoms with Crippen molar-refractivity contribution in [2.75, 3.05) is 6.54 Å². The highest BCUT2D eigenvalue weighted by molar-refractivity contribution is 7.18. The summed E-state index contributed by atoms with van der Waals surface area (Å²) in [6, 6.07) is 10.1. The number of thiophene rings is 1. The van der Waals surface area contributed by atoms with Crippen LogP contribution < -0.4 is 10.9 Å². The number of aromatic nitrogens is 2. The Labute approximate surface area is 162 Å². The van der Waals surface area contributed by atoms with E-state index in [2.05, 4.69) is 29.4 Å². The van der Waals surface area contributed by atoms with Gasteiger partial charge in [-0.05, 0) is 42.7 Å². The largest absolute Gasteiger partial charge is 0.354 e. The molecule has 6 heteroatoms. The standard InChI is InChI=1S/C21H23N3O2S/c1-14(15-7-3-2-4-8-15)11-22-18(25)12-24-13-23-20-19(21(24)26)16-9-5-6-10-17(16)27-20/h2-4,7-8,13-14H,5-6,9-12H2,1H3,(H,22,25)/t14-/m1/s1. The third-order valence-corrected chi connectivity index (χ3v) is 6.43. The number of rotatable bonds is 5. The number of nitrogens with zero attached hydrogens (tertiary/aromatic N) is 2. The van der Waals surface area contributed by atoms with Gasteiger partial charge in [-0.1, -0.05) is 37.3 Å². The third kappa shape index (κ3) is 3.67. The van der Waals surface area contributed by atoms with Crippen LogP contribution >= 0.6 is 11.3 Å². The SMILES string of the molecule is C[C@H](CNC(=O)Cn1cnc2sc3c(c2c1=O)CCCC3)c1ccccc1. The molecule has 0 radical (unpaired) electrons. The van der Waals surface area contributed by atoms with Crippen molar-refractivity contribution < 1.29 is 4.79 Å². The molecule has 1 atom stereocenters. The lowest BCUT2D eigenvalue weighted by molar-refractivity contribution is -0.121. The van der Waals surface area contributed by atoms with Gasteiger partial charge in [0, 0.05) is 11.4 Å². The van der Waals surface area contributed by atoms with Gasteiger partial charge in [0.15, 0.2) is 0 Å². The summed E-state index contributed by atoms with van der Waals surface area (Å²) in [6.45, 7) is 2.63. The predicted molar refractivity (Wildman–Crippen MR) is 108 cm³/mol. The summed E-state index contributed by atoms with van der Waals surface area (Å²) in [5, 5.41) is 3.66. The monoisotopic (exact) mass is 381 g/mol. The first-order valence-electron chi connectivity index (χ1n) is 9.45. The predicted octanol–water partition coefficient (Wildman–Crippen LogP) is 3.26. The number of nitrogens with one attached hydrogen (secondary N) is 1. The van der Waals surface area contributed by atoms with Gasteiger partial charge in [-0.2, -0.15) is 0 Å². The second kappa shape index (κ2) is 7.64. The van der Waals surface area contributed by atoms with E-state index in [-0.39, 0.29) is 23.9 Å². The summed E-state index contributed by atoms with van der Waals surface area (Å²) in [5.74, 6) is 0.0569. The third-order valence-electron chi connectivity index (χ3n) is 5.23. The van der Waals surface area contributed by atoms with E-state index < -0.39 is 0 Å². The van der Waals surface area contributed by atoms with Gasteiger partial charge in [0.25, 0.3) is 5.56 Å². The lowest BCUT2D eigenvalue weighted by Gasteiger charge is -2.13. The van der Waals surface area contributed by atoms with Gasteiger partial charge >= 0.3 is 0 Å². The maximum Gasteiger partial charge on any atom is 0.262 e. The lowest BCUT2D eigenvalue weighted by Crippen LogP contribution is -2.34. The number of fused-ring (bicyclic) bond motifs is 3. The molecular weight excluding hydrogens is 358 g/mol.